The highest BCUT2D eigenvalue weighted by molar-refractivity contribution is 6.09. The Bertz CT molecular complexity index is 768. The number of carbonyl (C=O) groups excluding carboxylic acids is 1. The van der Waals surface area contributed by atoms with Crippen molar-refractivity contribution in [3.05, 3.63) is 54.7 Å². The molecule has 2 aromatic rings. The molecule has 4 nitrogen and oxygen atoms in total. The Hall–Kier alpha value is -2.04. The summed E-state index contributed by atoms with van der Waals surface area (Å²) >= 11 is 0. The molecule has 0 radical (unpaired) electrons. The summed E-state index contributed by atoms with van der Waals surface area (Å²) in [4.78, 5) is 19.4. The number of hydrogen-bond donors (Lipinski definition) is 1. The quantitative estimate of drug-likeness (QED) is 0.699. The number of Topliss-reactive ketones (excluding diaryl/α,β-unsaturated/α-hetero) is 1. The first-order valence-corrected chi connectivity index (χ1v) is 8.13. The first-order chi connectivity index (χ1) is 11.2. The van der Waals surface area contributed by atoms with Gasteiger partial charge in [-0.15, -0.1) is 6.58 Å². The van der Waals surface area contributed by atoms with Crippen molar-refractivity contribution < 1.29 is 9.90 Å². The summed E-state index contributed by atoms with van der Waals surface area (Å²) in [7, 11) is 0. The lowest BCUT2D eigenvalue weighted by Gasteiger charge is -2.51. The zero-order valence-corrected chi connectivity index (χ0v) is 12.9. The number of aliphatic hydroxyl groups is 1. The highest BCUT2D eigenvalue weighted by Gasteiger charge is 2.46. The van der Waals surface area contributed by atoms with Crippen molar-refractivity contribution in [3.63, 3.8) is 0 Å². The molecular weight excluding hydrogens is 288 g/mol. The number of aliphatic hydroxyl groups excluding tert-OH is 1. The number of ketones is 1. The van der Waals surface area contributed by atoms with Crippen LogP contribution in [0.4, 0.5) is 0 Å². The van der Waals surface area contributed by atoms with E-state index >= 15 is 0 Å². The SMILES string of the molecule is C=CC1CN2C(C(=O)c3ccnc4ccccc34)C[C@@H]1C[C@H]2O. The van der Waals surface area contributed by atoms with Gasteiger partial charge in [-0.3, -0.25) is 14.7 Å². The lowest BCUT2D eigenvalue weighted by molar-refractivity contribution is -0.114. The minimum atomic E-state index is -0.521. The second kappa shape index (κ2) is 5.55. The van der Waals surface area contributed by atoms with Crippen molar-refractivity contribution in [1.82, 2.24) is 9.88 Å². The average molecular weight is 308 g/mol. The van der Waals surface area contributed by atoms with Crippen LogP contribution in [-0.4, -0.2) is 39.6 Å². The maximum absolute atomic E-state index is 13.1. The van der Waals surface area contributed by atoms with Crippen LogP contribution < -0.4 is 0 Å². The number of carbonyl (C=O) groups is 1. The molecule has 0 aliphatic carbocycles. The van der Waals surface area contributed by atoms with E-state index in [0.717, 1.165) is 30.3 Å². The Morgan fingerprint density at radius 3 is 2.91 bits per heavy atom. The minimum absolute atomic E-state index is 0.0925. The summed E-state index contributed by atoms with van der Waals surface area (Å²) in [6, 6.07) is 9.26. The van der Waals surface area contributed by atoms with E-state index in [-0.39, 0.29) is 11.8 Å². The number of piperidine rings is 3. The van der Waals surface area contributed by atoms with E-state index in [0.29, 0.717) is 17.4 Å². The summed E-state index contributed by atoms with van der Waals surface area (Å²) in [5.74, 6) is 0.807. The summed E-state index contributed by atoms with van der Waals surface area (Å²) in [6.45, 7) is 4.61. The third kappa shape index (κ3) is 2.30. The van der Waals surface area contributed by atoms with Crippen LogP contribution in [0.2, 0.25) is 0 Å². The molecule has 5 atom stereocenters. The van der Waals surface area contributed by atoms with Gasteiger partial charge >= 0.3 is 0 Å². The van der Waals surface area contributed by atoms with Crippen LogP contribution in [0.25, 0.3) is 10.9 Å². The van der Waals surface area contributed by atoms with Gasteiger partial charge in [0.05, 0.1) is 11.6 Å². The van der Waals surface area contributed by atoms with Gasteiger partial charge in [0.1, 0.15) is 6.23 Å². The van der Waals surface area contributed by atoms with Crippen molar-refractivity contribution >= 4 is 16.7 Å². The molecule has 3 saturated heterocycles. The van der Waals surface area contributed by atoms with Crippen LogP contribution >= 0.6 is 0 Å². The van der Waals surface area contributed by atoms with E-state index in [1.807, 2.05) is 35.2 Å². The summed E-state index contributed by atoms with van der Waals surface area (Å²) in [5, 5.41) is 11.2. The van der Waals surface area contributed by atoms with Crippen LogP contribution in [0, 0.1) is 11.8 Å². The third-order valence-electron chi connectivity index (χ3n) is 5.37. The zero-order chi connectivity index (χ0) is 16.0. The van der Waals surface area contributed by atoms with Gasteiger partial charge in [-0.1, -0.05) is 24.3 Å². The van der Waals surface area contributed by atoms with Crippen LogP contribution in [0.1, 0.15) is 23.2 Å². The average Bonchev–Trinajstić information content (AvgIpc) is 2.60. The van der Waals surface area contributed by atoms with Gasteiger partial charge in [0.2, 0.25) is 0 Å². The predicted octanol–water partition coefficient (Wildman–Crippen LogP) is 2.63. The number of nitrogens with zero attached hydrogens (tertiary/aromatic N) is 2. The van der Waals surface area contributed by atoms with Gasteiger partial charge in [0.25, 0.3) is 0 Å². The highest BCUT2D eigenvalue weighted by atomic mass is 16.3. The molecule has 1 N–H and O–H groups in total. The molecule has 1 aromatic carbocycles. The smallest absolute Gasteiger partial charge is 0.180 e. The topological polar surface area (TPSA) is 53.4 Å². The standard InChI is InChI=1S/C19H20N2O2/c1-2-12-11-21-17(9-13(12)10-18(21)22)19(23)15-7-8-20-16-6-4-3-5-14(15)16/h2-8,12-13,17-18,22H,1,9-11H2/t12?,13-,17?,18-/m1/s1. The molecule has 118 valence electrons. The lowest BCUT2D eigenvalue weighted by atomic mass is 9.73. The zero-order valence-electron chi connectivity index (χ0n) is 12.9. The van der Waals surface area contributed by atoms with E-state index in [2.05, 4.69) is 11.6 Å². The summed E-state index contributed by atoms with van der Waals surface area (Å²) in [5.41, 5.74) is 1.54. The van der Waals surface area contributed by atoms with Crippen LogP contribution in [0.15, 0.2) is 49.2 Å². The Labute approximate surface area is 135 Å². The third-order valence-corrected chi connectivity index (χ3v) is 5.37. The largest absolute Gasteiger partial charge is 0.378 e. The Kier molecular flexibility index (Phi) is 3.51. The molecule has 4 heterocycles. The molecule has 4 heteroatoms. The predicted molar refractivity (Wildman–Crippen MR) is 89.0 cm³/mol. The fourth-order valence-corrected chi connectivity index (χ4v) is 4.14. The molecular formula is C19H20N2O2. The Morgan fingerprint density at radius 2 is 2.13 bits per heavy atom. The number of rotatable bonds is 3. The molecule has 1 aromatic heterocycles. The van der Waals surface area contributed by atoms with E-state index < -0.39 is 6.23 Å². The maximum atomic E-state index is 13.1. The molecule has 3 aliphatic rings. The molecule has 3 unspecified atom stereocenters. The van der Waals surface area contributed by atoms with Gasteiger partial charge in [-0.05, 0) is 36.8 Å². The minimum Gasteiger partial charge on any atom is -0.378 e. The van der Waals surface area contributed by atoms with Gasteiger partial charge in [-0.2, -0.15) is 0 Å². The molecule has 3 aliphatic heterocycles. The van der Waals surface area contributed by atoms with Crippen molar-refractivity contribution in [1.29, 1.82) is 0 Å². The number of para-hydroxylation sites is 1. The van der Waals surface area contributed by atoms with Crippen molar-refractivity contribution in [3.8, 4) is 0 Å². The lowest BCUT2D eigenvalue weighted by Crippen LogP contribution is -2.60. The Balaban J connectivity index is 1.71. The molecule has 0 saturated carbocycles. The number of pyridine rings is 1. The molecule has 5 rings (SSSR count). The van der Waals surface area contributed by atoms with Gasteiger partial charge in [0, 0.05) is 23.7 Å². The molecule has 0 amide bonds. The molecule has 3 fully saturated rings. The van der Waals surface area contributed by atoms with Gasteiger partial charge in [-0.25, -0.2) is 0 Å². The van der Waals surface area contributed by atoms with Crippen LogP contribution in [0.5, 0.6) is 0 Å². The highest BCUT2D eigenvalue weighted by Crippen LogP contribution is 2.40. The van der Waals surface area contributed by atoms with E-state index in [9.17, 15) is 9.90 Å². The fourth-order valence-electron chi connectivity index (χ4n) is 4.14. The Morgan fingerprint density at radius 1 is 1.30 bits per heavy atom. The monoisotopic (exact) mass is 308 g/mol. The van der Waals surface area contributed by atoms with Gasteiger partial charge in [0.15, 0.2) is 5.78 Å². The number of benzene rings is 1. The fraction of sp³-hybridized carbons (Fsp3) is 0.368. The second-order valence-corrected chi connectivity index (χ2v) is 6.56. The number of hydrogen-bond acceptors (Lipinski definition) is 4. The molecule has 0 spiro atoms. The molecule has 2 bridgehead atoms. The van der Waals surface area contributed by atoms with E-state index in [4.69, 9.17) is 0 Å². The second-order valence-electron chi connectivity index (χ2n) is 6.56. The first kappa shape index (κ1) is 14.5. The van der Waals surface area contributed by atoms with E-state index in [1.165, 1.54) is 0 Å². The van der Waals surface area contributed by atoms with Gasteiger partial charge < -0.3 is 5.11 Å². The van der Waals surface area contributed by atoms with Crippen LogP contribution in [0.3, 0.4) is 0 Å². The normalized spacial score (nSPS) is 32.8. The number of fused-ring (bicyclic) bond motifs is 4. The van der Waals surface area contributed by atoms with E-state index in [1.54, 1.807) is 12.3 Å². The summed E-state index contributed by atoms with van der Waals surface area (Å²) in [6.07, 6.45) is 4.66. The molecule has 23 heavy (non-hydrogen) atoms. The maximum Gasteiger partial charge on any atom is 0.180 e. The van der Waals surface area contributed by atoms with Crippen molar-refractivity contribution in [2.45, 2.75) is 25.1 Å². The van der Waals surface area contributed by atoms with Crippen molar-refractivity contribution in [2.75, 3.05) is 6.54 Å². The number of aromatic nitrogens is 1. The van der Waals surface area contributed by atoms with Crippen molar-refractivity contribution in [2.24, 2.45) is 11.8 Å². The van der Waals surface area contributed by atoms with Crippen LogP contribution in [-0.2, 0) is 0 Å². The summed E-state index contributed by atoms with van der Waals surface area (Å²) < 4.78 is 0. The first-order valence-electron chi connectivity index (χ1n) is 8.13.